The zero-order valence-electron chi connectivity index (χ0n) is 7.95. The number of hydrogen-bond donors (Lipinski definition) is 2. The van der Waals surface area contributed by atoms with E-state index in [2.05, 4.69) is 0 Å². The molecule has 0 amide bonds. The first kappa shape index (κ1) is 11.1. The highest BCUT2D eigenvalue weighted by Crippen LogP contribution is 2.70. The van der Waals surface area contributed by atoms with E-state index in [9.17, 15) is 13.6 Å². The molecule has 1 aliphatic carbocycles. The Hall–Kier alpha value is -0.400. The lowest BCUT2D eigenvalue weighted by atomic mass is 9.91. The lowest BCUT2D eigenvalue weighted by molar-refractivity contribution is -0.141. The van der Waals surface area contributed by atoms with Crippen LogP contribution in [0.3, 0.4) is 0 Å². The molecule has 7 heteroatoms. The monoisotopic (exact) mass is 238 g/mol. The lowest BCUT2D eigenvalue weighted by Crippen LogP contribution is -2.33. The SMILES string of the molecule is NSN1CCC2(CC1)C(C(=O)O)C2(F)F. The normalized spacial score (nSPS) is 32.9. The van der Waals surface area contributed by atoms with E-state index in [0.29, 0.717) is 13.1 Å². The summed E-state index contributed by atoms with van der Waals surface area (Å²) in [6.45, 7) is 0.862. The fourth-order valence-electron chi connectivity index (χ4n) is 2.51. The van der Waals surface area contributed by atoms with Crippen LogP contribution in [-0.2, 0) is 4.79 Å². The third-order valence-corrected chi connectivity index (χ3v) is 4.17. The van der Waals surface area contributed by atoms with Crippen LogP contribution < -0.4 is 5.14 Å². The molecule has 1 saturated carbocycles. The third kappa shape index (κ3) is 1.37. The van der Waals surface area contributed by atoms with Crippen LogP contribution in [0.4, 0.5) is 8.78 Å². The van der Waals surface area contributed by atoms with E-state index in [4.69, 9.17) is 10.2 Å². The Morgan fingerprint density at radius 1 is 1.47 bits per heavy atom. The fourth-order valence-corrected chi connectivity index (χ4v) is 2.91. The number of aliphatic carboxylic acids is 1. The molecule has 1 aliphatic heterocycles. The third-order valence-electron chi connectivity index (χ3n) is 3.51. The van der Waals surface area contributed by atoms with Gasteiger partial charge in [-0.15, -0.1) is 0 Å². The molecule has 0 aromatic heterocycles. The van der Waals surface area contributed by atoms with Gasteiger partial charge in [0.15, 0.2) is 0 Å². The van der Waals surface area contributed by atoms with Gasteiger partial charge in [0.05, 0.1) is 5.41 Å². The molecule has 1 atom stereocenters. The van der Waals surface area contributed by atoms with Crippen molar-refractivity contribution in [2.75, 3.05) is 13.1 Å². The van der Waals surface area contributed by atoms with Crippen molar-refractivity contribution < 1.29 is 18.7 Å². The predicted molar refractivity (Wildman–Crippen MR) is 51.1 cm³/mol. The van der Waals surface area contributed by atoms with Gasteiger partial charge in [-0.3, -0.25) is 9.93 Å². The van der Waals surface area contributed by atoms with Crippen LogP contribution in [0.25, 0.3) is 0 Å². The Bertz CT molecular complexity index is 292. The quantitative estimate of drug-likeness (QED) is 0.701. The summed E-state index contributed by atoms with van der Waals surface area (Å²) in [6, 6.07) is 0. The van der Waals surface area contributed by atoms with Gasteiger partial charge in [0.2, 0.25) is 0 Å². The summed E-state index contributed by atoms with van der Waals surface area (Å²) >= 11 is 1.03. The Morgan fingerprint density at radius 2 is 2.00 bits per heavy atom. The molecule has 2 rings (SSSR count). The highest BCUT2D eigenvalue weighted by atomic mass is 32.2. The lowest BCUT2D eigenvalue weighted by Gasteiger charge is -2.29. The zero-order valence-corrected chi connectivity index (χ0v) is 8.77. The molecule has 15 heavy (non-hydrogen) atoms. The van der Waals surface area contributed by atoms with Crippen molar-refractivity contribution in [1.29, 1.82) is 0 Å². The fraction of sp³-hybridized carbons (Fsp3) is 0.875. The Labute approximate surface area is 90.1 Å². The summed E-state index contributed by atoms with van der Waals surface area (Å²) in [5, 5.41) is 14.0. The van der Waals surface area contributed by atoms with Gasteiger partial charge in [-0.2, -0.15) is 0 Å². The molecule has 1 heterocycles. The van der Waals surface area contributed by atoms with E-state index in [0.717, 1.165) is 12.1 Å². The van der Waals surface area contributed by atoms with Crippen LogP contribution in [0.2, 0.25) is 0 Å². The van der Waals surface area contributed by atoms with Gasteiger partial charge in [0.1, 0.15) is 5.92 Å². The number of alkyl halides is 2. The number of carboxylic acid groups (broad SMARTS) is 1. The van der Waals surface area contributed by atoms with Crippen molar-refractivity contribution in [3.05, 3.63) is 0 Å². The van der Waals surface area contributed by atoms with Crippen molar-refractivity contribution >= 4 is 18.1 Å². The molecule has 0 aromatic rings. The molecule has 0 radical (unpaired) electrons. The predicted octanol–water partition coefficient (Wildman–Crippen LogP) is 0.940. The van der Waals surface area contributed by atoms with Crippen LogP contribution in [0.1, 0.15) is 12.8 Å². The maximum atomic E-state index is 13.4. The zero-order chi connectivity index (χ0) is 11.3. The van der Waals surface area contributed by atoms with Crippen LogP contribution in [-0.4, -0.2) is 34.4 Å². The number of nitrogens with two attached hydrogens (primary N) is 1. The molecule has 2 fully saturated rings. The van der Waals surface area contributed by atoms with Crippen molar-refractivity contribution in [3.63, 3.8) is 0 Å². The number of halogens is 2. The first-order valence-corrected chi connectivity index (χ1v) is 5.52. The molecule has 0 aromatic carbocycles. The van der Waals surface area contributed by atoms with Crippen LogP contribution in [0.15, 0.2) is 0 Å². The molecule has 86 valence electrons. The highest BCUT2D eigenvalue weighted by molar-refractivity contribution is 7.94. The number of hydrogen-bond acceptors (Lipinski definition) is 4. The molecule has 4 nitrogen and oxygen atoms in total. The van der Waals surface area contributed by atoms with Crippen molar-refractivity contribution in [1.82, 2.24) is 4.31 Å². The minimum Gasteiger partial charge on any atom is -0.481 e. The Kier molecular flexibility index (Phi) is 2.44. The maximum absolute atomic E-state index is 13.4. The second-order valence-electron chi connectivity index (χ2n) is 4.08. The standard InChI is InChI=1S/C8H12F2N2O2S/c9-8(10)5(6(13)14)7(8)1-3-12(15-11)4-2-7/h5H,1-4,11H2,(H,13,14). The Morgan fingerprint density at radius 3 is 2.33 bits per heavy atom. The number of piperidine rings is 1. The summed E-state index contributed by atoms with van der Waals surface area (Å²) in [5.41, 5.74) is -1.30. The Balaban J connectivity index is 2.09. The van der Waals surface area contributed by atoms with Crippen LogP contribution >= 0.6 is 12.1 Å². The van der Waals surface area contributed by atoms with E-state index in [1.165, 1.54) is 0 Å². The van der Waals surface area contributed by atoms with Crippen LogP contribution in [0.5, 0.6) is 0 Å². The second kappa shape index (κ2) is 3.29. The highest BCUT2D eigenvalue weighted by Gasteiger charge is 2.83. The van der Waals surface area contributed by atoms with Crippen molar-refractivity contribution in [2.24, 2.45) is 16.5 Å². The smallest absolute Gasteiger partial charge is 0.313 e. The van der Waals surface area contributed by atoms with Gasteiger partial charge in [0, 0.05) is 25.2 Å². The van der Waals surface area contributed by atoms with Crippen molar-refractivity contribution in [2.45, 2.75) is 18.8 Å². The van der Waals surface area contributed by atoms with E-state index in [-0.39, 0.29) is 12.8 Å². The van der Waals surface area contributed by atoms with E-state index >= 15 is 0 Å². The molecule has 3 N–H and O–H groups in total. The summed E-state index contributed by atoms with van der Waals surface area (Å²) in [5.74, 6) is -5.91. The summed E-state index contributed by atoms with van der Waals surface area (Å²) in [6.07, 6.45) is 0.419. The molecular weight excluding hydrogens is 226 g/mol. The number of carbonyl (C=O) groups is 1. The number of rotatable bonds is 2. The van der Waals surface area contributed by atoms with Gasteiger partial charge < -0.3 is 5.11 Å². The molecule has 1 unspecified atom stereocenters. The molecule has 1 spiro atoms. The van der Waals surface area contributed by atoms with E-state index in [1.54, 1.807) is 4.31 Å². The van der Waals surface area contributed by atoms with Gasteiger partial charge in [0.25, 0.3) is 5.92 Å². The van der Waals surface area contributed by atoms with Gasteiger partial charge >= 0.3 is 5.97 Å². The van der Waals surface area contributed by atoms with E-state index in [1.807, 2.05) is 0 Å². The minimum atomic E-state index is -3.04. The van der Waals surface area contributed by atoms with Gasteiger partial charge in [-0.1, -0.05) is 0 Å². The molecule has 1 saturated heterocycles. The van der Waals surface area contributed by atoms with Gasteiger partial charge in [-0.05, 0) is 12.8 Å². The average Bonchev–Trinajstić information content (AvgIpc) is 2.64. The molecule has 0 bridgehead atoms. The average molecular weight is 238 g/mol. The minimum absolute atomic E-state index is 0.209. The molecule has 2 aliphatic rings. The maximum Gasteiger partial charge on any atom is 0.313 e. The summed E-state index contributed by atoms with van der Waals surface area (Å²) in [7, 11) is 0. The largest absolute Gasteiger partial charge is 0.481 e. The summed E-state index contributed by atoms with van der Waals surface area (Å²) in [4.78, 5) is 10.7. The number of nitrogens with zero attached hydrogens (tertiary/aromatic N) is 1. The first-order chi connectivity index (χ1) is 6.95. The number of carboxylic acids is 1. The first-order valence-electron chi connectivity index (χ1n) is 4.68. The van der Waals surface area contributed by atoms with Crippen LogP contribution in [0, 0.1) is 11.3 Å². The van der Waals surface area contributed by atoms with Crippen molar-refractivity contribution in [3.8, 4) is 0 Å². The van der Waals surface area contributed by atoms with E-state index < -0.39 is 23.2 Å². The molecular formula is C8H12F2N2O2S. The van der Waals surface area contributed by atoms with Gasteiger partial charge in [-0.25, -0.2) is 13.1 Å². The summed E-state index contributed by atoms with van der Waals surface area (Å²) < 4.78 is 28.5. The topological polar surface area (TPSA) is 66.6 Å². The second-order valence-corrected chi connectivity index (χ2v) is 4.81.